The van der Waals surface area contributed by atoms with Crippen molar-refractivity contribution in [3.63, 3.8) is 0 Å². The van der Waals surface area contributed by atoms with Crippen molar-refractivity contribution in [1.82, 2.24) is 4.98 Å². The number of anilines is 1. The minimum Gasteiger partial charge on any atom is -0.383 e. The van der Waals surface area contributed by atoms with Crippen LogP contribution in [0.15, 0.2) is 54.6 Å². The van der Waals surface area contributed by atoms with Gasteiger partial charge in [0.1, 0.15) is 17.5 Å². The van der Waals surface area contributed by atoms with Crippen molar-refractivity contribution in [3.8, 4) is 27.8 Å². The molecule has 0 saturated heterocycles. The number of fused-ring (bicyclic) bond motifs is 1. The molecule has 0 bridgehead atoms. The summed E-state index contributed by atoms with van der Waals surface area (Å²) in [6.45, 7) is 0. The largest absolute Gasteiger partial charge is 0.383 e. The van der Waals surface area contributed by atoms with Gasteiger partial charge in [0.05, 0.1) is 10.6 Å². The number of pyridine rings is 1. The Labute approximate surface area is 168 Å². The molecule has 136 valence electrons. The van der Waals surface area contributed by atoms with Gasteiger partial charge in [-0.3, -0.25) is 10.1 Å². The Morgan fingerprint density at radius 3 is 2.57 bits per heavy atom. The summed E-state index contributed by atoms with van der Waals surface area (Å²) >= 11 is 7.39. The summed E-state index contributed by atoms with van der Waals surface area (Å²) < 4.78 is 0.882. The molecule has 2 N–H and O–H groups in total. The fourth-order valence-electron chi connectivity index (χ4n) is 2.92. The average Bonchev–Trinajstić information content (AvgIpc) is 3.11. The van der Waals surface area contributed by atoms with E-state index in [-0.39, 0.29) is 17.1 Å². The molecular weight excluding hydrogens is 396 g/mol. The van der Waals surface area contributed by atoms with E-state index < -0.39 is 4.92 Å². The number of nitrogen functional groups attached to an aromatic ring is 1. The van der Waals surface area contributed by atoms with Gasteiger partial charge in [0.15, 0.2) is 0 Å². The molecule has 2 heterocycles. The van der Waals surface area contributed by atoms with Gasteiger partial charge in [0.25, 0.3) is 5.69 Å². The average molecular weight is 407 g/mol. The zero-order valence-corrected chi connectivity index (χ0v) is 15.8. The number of thiophene rings is 1. The molecule has 0 amide bonds. The third-order valence-corrected chi connectivity index (χ3v) is 5.68. The van der Waals surface area contributed by atoms with Crippen LogP contribution < -0.4 is 5.73 Å². The van der Waals surface area contributed by atoms with Crippen molar-refractivity contribution in [2.24, 2.45) is 0 Å². The Balaban J connectivity index is 1.91. The lowest BCUT2D eigenvalue weighted by atomic mass is 10.0. The Hall–Kier alpha value is -3.47. The lowest BCUT2D eigenvalue weighted by molar-refractivity contribution is -0.384. The monoisotopic (exact) mass is 406 g/mol. The standard InChI is InChI=1S/C20H11ClN4O2S/c21-13-3-1-11(2-4-13)17-9-15(16(10-22)20(23)24-17)19-8-12-7-14(25(26)27)5-6-18(12)28-19/h1-9H,(H2,23,24). The minimum absolute atomic E-state index is 0.0217. The number of hydrogen-bond acceptors (Lipinski definition) is 6. The molecule has 0 aliphatic rings. The van der Waals surface area contributed by atoms with E-state index in [9.17, 15) is 15.4 Å². The fraction of sp³-hybridized carbons (Fsp3) is 0. The summed E-state index contributed by atoms with van der Waals surface area (Å²) in [6.07, 6.45) is 0. The predicted octanol–water partition coefficient (Wildman–Crippen LogP) is 5.65. The molecule has 0 radical (unpaired) electrons. The van der Waals surface area contributed by atoms with Gasteiger partial charge < -0.3 is 5.73 Å². The Bertz CT molecular complexity index is 1280. The highest BCUT2D eigenvalue weighted by Crippen LogP contribution is 2.39. The number of nitro benzene ring substituents is 1. The van der Waals surface area contributed by atoms with Crippen molar-refractivity contribution in [2.45, 2.75) is 0 Å². The molecule has 28 heavy (non-hydrogen) atoms. The van der Waals surface area contributed by atoms with Crippen molar-refractivity contribution in [1.29, 1.82) is 5.26 Å². The van der Waals surface area contributed by atoms with Crippen LogP contribution in [0.4, 0.5) is 11.5 Å². The van der Waals surface area contributed by atoms with E-state index in [1.165, 1.54) is 23.5 Å². The summed E-state index contributed by atoms with van der Waals surface area (Å²) in [4.78, 5) is 15.7. The molecule has 4 rings (SSSR count). The predicted molar refractivity (Wildman–Crippen MR) is 111 cm³/mol. The second-order valence-corrected chi connectivity index (χ2v) is 7.54. The van der Waals surface area contributed by atoms with Crippen LogP contribution in [0.2, 0.25) is 5.02 Å². The number of nitrogens with zero attached hydrogens (tertiary/aromatic N) is 3. The van der Waals surface area contributed by atoms with Crippen LogP contribution in [-0.2, 0) is 0 Å². The molecule has 0 spiro atoms. The van der Waals surface area contributed by atoms with Gasteiger partial charge in [-0.05, 0) is 35.7 Å². The number of non-ortho nitro benzene ring substituents is 1. The smallest absolute Gasteiger partial charge is 0.270 e. The molecule has 0 aliphatic heterocycles. The second kappa shape index (κ2) is 6.93. The number of halogens is 1. The van der Waals surface area contributed by atoms with Crippen LogP contribution in [0.1, 0.15) is 5.56 Å². The van der Waals surface area contributed by atoms with Crippen molar-refractivity contribution in [2.75, 3.05) is 5.73 Å². The summed E-state index contributed by atoms with van der Waals surface area (Å²) in [5, 5.41) is 21.9. The van der Waals surface area contributed by atoms with Gasteiger partial charge in [-0.15, -0.1) is 11.3 Å². The van der Waals surface area contributed by atoms with Crippen molar-refractivity contribution >= 4 is 44.5 Å². The van der Waals surface area contributed by atoms with Crippen molar-refractivity contribution < 1.29 is 4.92 Å². The molecule has 0 fully saturated rings. The number of nitrogens with two attached hydrogens (primary N) is 1. The van der Waals surface area contributed by atoms with Gasteiger partial charge in [-0.25, -0.2) is 4.98 Å². The highest BCUT2D eigenvalue weighted by Gasteiger charge is 2.17. The number of nitro groups is 1. The van der Waals surface area contributed by atoms with Crippen LogP contribution in [0.3, 0.4) is 0 Å². The van der Waals surface area contributed by atoms with E-state index in [2.05, 4.69) is 11.1 Å². The van der Waals surface area contributed by atoms with E-state index in [1.807, 2.05) is 18.2 Å². The normalized spacial score (nSPS) is 10.7. The summed E-state index contributed by atoms with van der Waals surface area (Å²) in [6, 6.07) is 17.6. The van der Waals surface area contributed by atoms with Gasteiger partial charge in [-0.1, -0.05) is 23.7 Å². The number of hydrogen-bond donors (Lipinski definition) is 1. The molecule has 4 aromatic rings. The molecule has 0 atom stereocenters. The van der Waals surface area contributed by atoms with Gasteiger partial charge in [0.2, 0.25) is 0 Å². The quantitative estimate of drug-likeness (QED) is 0.349. The first-order valence-corrected chi connectivity index (χ1v) is 9.30. The highest BCUT2D eigenvalue weighted by molar-refractivity contribution is 7.22. The van der Waals surface area contributed by atoms with Gasteiger partial charge >= 0.3 is 0 Å². The maximum Gasteiger partial charge on any atom is 0.270 e. The fourth-order valence-corrected chi connectivity index (χ4v) is 4.11. The maximum absolute atomic E-state index is 11.0. The number of aromatic nitrogens is 1. The number of nitriles is 1. The highest BCUT2D eigenvalue weighted by atomic mass is 35.5. The van der Waals surface area contributed by atoms with Crippen LogP contribution in [0, 0.1) is 21.4 Å². The van der Waals surface area contributed by atoms with Crippen LogP contribution in [-0.4, -0.2) is 9.91 Å². The first-order chi connectivity index (χ1) is 13.5. The summed E-state index contributed by atoms with van der Waals surface area (Å²) in [5.74, 6) is 0.133. The van der Waals surface area contributed by atoms with Crippen LogP contribution in [0.5, 0.6) is 0 Å². The van der Waals surface area contributed by atoms with Gasteiger partial charge in [0, 0.05) is 37.9 Å². The van der Waals surface area contributed by atoms with Gasteiger partial charge in [-0.2, -0.15) is 5.26 Å². The van der Waals surface area contributed by atoms with E-state index in [0.717, 1.165) is 20.5 Å². The SMILES string of the molecule is N#Cc1c(-c2cc3cc([N+](=O)[O-])ccc3s2)cc(-c2ccc(Cl)cc2)nc1N. The summed E-state index contributed by atoms with van der Waals surface area (Å²) in [5.41, 5.74) is 8.43. The van der Waals surface area contributed by atoms with E-state index >= 15 is 0 Å². The third-order valence-electron chi connectivity index (χ3n) is 4.28. The Morgan fingerprint density at radius 2 is 1.89 bits per heavy atom. The Kier molecular flexibility index (Phi) is 4.43. The molecule has 6 nitrogen and oxygen atoms in total. The maximum atomic E-state index is 11.0. The first kappa shape index (κ1) is 17.9. The topological polar surface area (TPSA) is 106 Å². The molecular formula is C20H11ClN4O2S. The molecule has 0 saturated carbocycles. The number of benzene rings is 2. The zero-order valence-electron chi connectivity index (χ0n) is 14.2. The van der Waals surface area contributed by atoms with Crippen molar-refractivity contribution in [3.05, 3.63) is 75.3 Å². The summed E-state index contributed by atoms with van der Waals surface area (Å²) in [7, 11) is 0. The zero-order chi connectivity index (χ0) is 19.8. The molecule has 0 aliphatic carbocycles. The third kappa shape index (κ3) is 3.16. The van der Waals surface area contributed by atoms with Crippen LogP contribution in [0.25, 0.3) is 31.8 Å². The first-order valence-electron chi connectivity index (χ1n) is 8.11. The van der Waals surface area contributed by atoms with E-state index in [4.69, 9.17) is 17.3 Å². The van der Waals surface area contributed by atoms with Crippen LogP contribution >= 0.6 is 22.9 Å². The second-order valence-electron chi connectivity index (χ2n) is 6.02. The Morgan fingerprint density at radius 1 is 1.14 bits per heavy atom. The lowest BCUT2D eigenvalue weighted by Crippen LogP contribution is -1.99. The lowest BCUT2D eigenvalue weighted by Gasteiger charge is -2.08. The minimum atomic E-state index is -0.430. The molecule has 2 aromatic carbocycles. The molecule has 2 aromatic heterocycles. The molecule has 8 heteroatoms. The molecule has 0 unspecified atom stereocenters. The van der Waals surface area contributed by atoms with E-state index in [1.54, 1.807) is 24.3 Å². The van der Waals surface area contributed by atoms with E-state index in [0.29, 0.717) is 16.3 Å². The number of rotatable bonds is 3.